The molecule has 11 heteroatoms. The second-order valence-corrected chi connectivity index (χ2v) is 13.7. The van der Waals surface area contributed by atoms with E-state index in [0.717, 1.165) is 5.56 Å². The maximum atomic E-state index is 13.5. The maximum absolute atomic E-state index is 13.5. The van der Waals surface area contributed by atoms with Crippen molar-refractivity contribution < 1.29 is 23.1 Å². The lowest BCUT2D eigenvalue weighted by atomic mass is 10.0. The maximum Gasteiger partial charge on any atom is 0.272 e. The van der Waals surface area contributed by atoms with Crippen molar-refractivity contribution >= 4 is 21.7 Å². The van der Waals surface area contributed by atoms with E-state index < -0.39 is 31.3 Å². The van der Waals surface area contributed by atoms with Crippen LogP contribution in [-0.4, -0.2) is 68.7 Å². The summed E-state index contributed by atoms with van der Waals surface area (Å²) in [5, 5.41) is 25.9. The number of fused-ring (bicyclic) bond motifs is 1. The van der Waals surface area contributed by atoms with Gasteiger partial charge in [0.25, 0.3) is 11.8 Å². The summed E-state index contributed by atoms with van der Waals surface area (Å²) >= 11 is 0. The predicted molar refractivity (Wildman–Crippen MR) is 136 cm³/mol. The van der Waals surface area contributed by atoms with Crippen LogP contribution in [0.25, 0.3) is 0 Å². The van der Waals surface area contributed by atoms with E-state index in [0.29, 0.717) is 42.6 Å². The molecule has 1 aliphatic carbocycles. The summed E-state index contributed by atoms with van der Waals surface area (Å²) in [6, 6.07) is 8.93. The van der Waals surface area contributed by atoms with Crippen LogP contribution < -0.4 is 5.32 Å². The van der Waals surface area contributed by atoms with Crippen LogP contribution in [0.3, 0.4) is 0 Å². The van der Waals surface area contributed by atoms with Gasteiger partial charge in [0.1, 0.15) is 5.69 Å². The quantitative estimate of drug-likeness (QED) is 0.505. The first-order chi connectivity index (χ1) is 17.3. The number of carbonyl (C=O) groups is 2. The van der Waals surface area contributed by atoms with E-state index in [-0.39, 0.29) is 31.1 Å². The minimum Gasteiger partial charge on any atom is -0.393 e. The topological polar surface area (TPSA) is 145 Å². The van der Waals surface area contributed by atoms with Gasteiger partial charge in [-0.05, 0) is 64.2 Å². The normalized spacial score (nSPS) is 17.6. The lowest BCUT2D eigenvalue weighted by Crippen LogP contribution is -2.51. The van der Waals surface area contributed by atoms with E-state index in [1.54, 1.807) is 57.0 Å². The molecule has 198 valence electrons. The lowest BCUT2D eigenvalue weighted by molar-refractivity contribution is 0.0723. The van der Waals surface area contributed by atoms with E-state index >= 15 is 0 Å². The number of nitrogens with zero attached hydrogens (tertiary/aromatic N) is 4. The Kier molecular flexibility index (Phi) is 6.94. The third-order valence-corrected chi connectivity index (χ3v) is 10.7. The number of aryl methyl sites for hydroxylation is 1. The van der Waals surface area contributed by atoms with Gasteiger partial charge in [0.05, 0.1) is 27.2 Å². The van der Waals surface area contributed by atoms with E-state index in [1.165, 1.54) is 4.68 Å². The Balaban J connectivity index is 1.49. The van der Waals surface area contributed by atoms with E-state index in [4.69, 9.17) is 5.26 Å². The van der Waals surface area contributed by atoms with Crippen LogP contribution in [0.5, 0.6) is 0 Å². The van der Waals surface area contributed by atoms with Crippen molar-refractivity contribution in [2.45, 2.75) is 68.6 Å². The number of benzene rings is 1. The number of sulfone groups is 1. The molecule has 0 unspecified atom stereocenters. The van der Waals surface area contributed by atoms with Crippen LogP contribution >= 0.6 is 0 Å². The second kappa shape index (κ2) is 9.58. The Morgan fingerprint density at radius 3 is 2.51 bits per heavy atom. The van der Waals surface area contributed by atoms with Gasteiger partial charge >= 0.3 is 0 Å². The number of nitrogens with one attached hydrogen (secondary N) is 1. The molecule has 10 nitrogen and oxygen atoms in total. The molecule has 0 spiro atoms. The molecule has 2 aliphatic rings. The number of aromatic nitrogens is 2. The number of aliphatic hydroxyl groups excluding tert-OH is 1. The summed E-state index contributed by atoms with van der Waals surface area (Å²) < 4.78 is 26.4. The fraction of sp³-hybridized carbons (Fsp3) is 0.538. The van der Waals surface area contributed by atoms with Crippen LogP contribution in [0.15, 0.2) is 24.3 Å². The summed E-state index contributed by atoms with van der Waals surface area (Å²) in [7, 11) is -2.03. The fourth-order valence-electron chi connectivity index (χ4n) is 5.27. The molecule has 1 fully saturated rings. The van der Waals surface area contributed by atoms with E-state index in [9.17, 15) is 23.1 Å². The first-order valence-corrected chi connectivity index (χ1v) is 13.8. The van der Waals surface area contributed by atoms with Gasteiger partial charge in [0, 0.05) is 32.2 Å². The number of aliphatic hydroxyl groups is 1. The number of hydrogen-bond donors (Lipinski definition) is 2. The van der Waals surface area contributed by atoms with Crippen molar-refractivity contribution in [1.82, 2.24) is 20.0 Å². The zero-order valence-electron chi connectivity index (χ0n) is 21.6. The summed E-state index contributed by atoms with van der Waals surface area (Å²) in [4.78, 5) is 27.9. The third kappa shape index (κ3) is 4.88. The first-order valence-electron chi connectivity index (χ1n) is 12.4. The van der Waals surface area contributed by atoms with Crippen molar-refractivity contribution in [3.8, 4) is 6.07 Å². The SMILES string of the molecule is C[C@@H](O)CC(C)(C)S(=O)(=O)C1(CN2CCc3c(C(=O)NCc4ccc(C#N)cc4)nn(C)c3C2=O)CC1. The third-order valence-electron chi connectivity index (χ3n) is 7.39. The van der Waals surface area contributed by atoms with Crippen LogP contribution in [0.2, 0.25) is 0 Å². The fourth-order valence-corrected chi connectivity index (χ4v) is 7.87. The Bertz CT molecular complexity index is 1370. The first kappa shape index (κ1) is 26.8. The molecule has 2 heterocycles. The molecule has 0 bridgehead atoms. The standard InChI is InChI=1S/C26H33N5O5S/c1-17(32)13-25(2,3)37(35,36)26(10-11-26)16-31-12-9-20-21(29-30(4)22(20)24(31)34)23(33)28-15-19-7-5-18(14-27)6-8-19/h5-8,17,32H,9-13,15-16H2,1-4H3,(H,28,33)/t17-/m1/s1. The van der Waals surface area contributed by atoms with Crippen molar-refractivity contribution in [2.24, 2.45) is 7.05 Å². The highest BCUT2D eigenvalue weighted by atomic mass is 32.2. The molecule has 37 heavy (non-hydrogen) atoms. The van der Waals surface area contributed by atoms with Crippen LogP contribution in [-0.2, 0) is 29.9 Å². The molecule has 1 aliphatic heterocycles. The zero-order chi connectivity index (χ0) is 27.2. The van der Waals surface area contributed by atoms with E-state index in [2.05, 4.69) is 16.5 Å². The lowest BCUT2D eigenvalue weighted by Gasteiger charge is -2.35. The molecule has 0 saturated heterocycles. The molecule has 2 aromatic rings. The van der Waals surface area contributed by atoms with Gasteiger partial charge in [-0.25, -0.2) is 8.42 Å². The Morgan fingerprint density at radius 1 is 1.30 bits per heavy atom. The highest BCUT2D eigenvalue weighted by molar-refractivity contribution is 7.94. The van der Waals surface area contributed by atoms with Crippen LogP contribution in [0, 0.1) is 11.3 Å². The number of carbonyl (C=O) groups excluding carboxylic acids is 2. The van der Waals surface area contributed by atoms with Gasteiger partial charge in [-0.1, -0.05) is 12.1 Å². The van der Waals surface area contributed by atoms with Crippen molar-refractivity contribution in [2.75, 3.05) is 13.1 Å². The van der Waals surface area contributed by atoms with Crippen LogP contribution in [0.4, 0.5) is 0 Å². The van der Waals surface area contributed by atoms with Gasteiger partial charge in [-0.2, -0.15) is 10.4 Å². The predicted octanol–water partition coefficient (Wildman–Crippen LogP) is 1.72. The highest BCUT2D eigenvalue weighted by Crippen LogP contribution is 2.50. The number of hydrogen-bond acceptors (Lipinski definition) is 7. The van der Waals surface area contributed by atoms with Gasteiger partial charge < -0.3 is 15.3 Å². The smallest absolute Gasteiger partial charge is 0.272 e. The van der Waals surface area contributed by atoms with Crippen molar-refractivity contribution in [3.63, 3.8) is 0 Å². The molecular weight excluding hydrogens is 494 g/mol. The highest BCUT2D eigenvalue weighted by Gasteiger charge is 2.61. The van der Waals surface area contributed by atoms with Crippen molar-refractivity contribution in [3.05, 3.63) is 52.3 Å². The Labute approximate surface area is 217 Å². The summed E-state index contributed by atoms with van der Waals surface area (Å²) in [6.07, 6.45) is 0.711. The van der Waals surface area contributed by atoms with Crippen molar-refractivity contribution in [1.29, 1.82) is 5.26 Å². The Hall–Kier alpha value is -3.23. The Morgan fingerprint density at radius 2 is 1.95 bits per heavy atom. The number of nitriles is 1. The molecule has 1 atom stereocenters. The molecule has 0 radical (unpaired) electrons. The molecule has 4 rings (SSSR count). The molecule has 1 aromatic heterocycles. The monoisotopic (exact) mass is 527 g/mol. The summed E-state index contributed by atoms with van der Waals surface area (Å²) in [6.45, 7) is 5.47. The second-order valence-electron chi connectivity index (χ2n) is 10.8. The summed E-state index contributed by atoms with van der Waals surface area (Å²) in [5.41, 5.74) is 2.40. The molecule has 1 saturated carbocycles. The zero-order valence-corrected chi connectivity index (χ0v) is 22.4. The average molecular weight is 528 g/mol. The van der Waals surface area contributed by atoms with Gasteiger partial charge in [0.15, 0.2) is 15.5 Å². The molecule has 1 aromatic carbocycles. The molecule has 2 N–H and O–H groups in total. The largest absolute Gasteiger partial charge is 0.393 e. The molecule has 2 amide bonds. The minimum absolute atomic E-state index is 0.0856. The van der Waals surface area contributed by atoms with Crippen LogP contribution in [0.1, 0.15) is 77.7 Å². The number of amides is 2. The van der Waals surface area contributed by atoms with Gasteiger partial charge in [-0.3, -0.25) is 14.3 Å². The van der Waals surface area contributed by atoms with Gasteiger partial charge in [-0.15, -0.1) is 0 Å². The summed E-state index contributed by atoms with van der Waals surface area (Å²) in [5.74, 6) is -0.735. The van der Waals surface area contributed by atoms with Gasteiger partial charge in [0.2, 0.25) is 0 Å². The molecular formula is C26H33N5O5S. The minimum atomic E-state index is -3.64. The average Bonchev–Trinajstić information content (AvgIpc) is 3.55. The van der Waals surface area contributed by atoms with E-state index in [1.807, 2.05) is 0 Å². The number of rotatable bonds is 9.